The Morgan fingerprint density at radius 1 is 1.32 bits per heavy atom. The quantitative estimate of drug-likeness (QED) is 0.418. The maximum atomic E-state index is 14.0. The highest BCUT2D eigenvalue weighted by atomic mass is 79.9. The number of urea groups is 1. The number of rotatable bonds is 5. The van der Waals surface area contributed by atoms with Crippen LogP contribution < -0.4 is 10.6 Å². The average Bonchev–Trinajstić information content (AvgIpc) is 3.16. The van der Waals surface area contributed by atoms with E-state index in [0.29, 0.717) is 29.6 Å². The first kappa shape index (κ1) is 21.8. The molecule has 31 heavy (non-hydrogen) atoms. The van der Waals surface area contributed by atoms with Crippen LogP contribution in [-0.2, 0) is 6.42 Å². The second kappa shape index (κ2) is 8.96. The van der Waals surface area contributed by atoms with E-state index in [1.807, 2.05) is 37.3 Å². The van der Waals surface area contributed by atoms with Crippen molar-refractivity contribution in [2.24, 2.45) is 0 Å². The molecule has 2 aromatic carbocycles. The van der Waals surface area contributed by atoms with E-state index in [1.54, 1.807) is 6.07 Å². The SMILES string of the molecule is CC1(O)CCC(NC(=O)NC(Cc2ccc(Br)c(F)c2)c2nc3ccccc3[nH]2)CC1. The number of hydrogen-bond acceptors (Lipinski definition) is 3. The van der Waals surface area contributed by atoms with E-state index in [-0.39, 0.29) is 17.9 Å². The summed E-state index contributed by atoms with van der Waals surface area (Å²) in [6.07, 6.45) is 3.16. The fourth-order valence-electron chi connectivity index (χ4n) is 4.03. The molecule has 1 unspecified atom stereocenters. The number of aromatic nitrogens is 2. The molecule has 6 nitrogen and oxygen atoms in total. The Labute approximate surface area is 188 Å². The van der Waals surface area contributed by atoms with Crippen LogP contribution >= 0.6 is 15.9 Å². The Bertz CT molecular complexity index is 1040. The molecule has 1 atom stereocenters. The highest BCUT2D eigenvalue weighted by Gasteiger charge is 2.30. The summed E-state index contributed by atoms with van der Waals surface area (Å²) in [5.74, 6) is 0.269. The minimum absolute atomic E-state index is 0.0154. The fraction of sp³-hybridized carbons (Fsp3) is 0.391. The molecule has 4 rings (SSSR count). The normalized spacial score (nSPS) is 22.3. The topological polar surface area (TPSA) is 90.0 Å². The Morgan fingerprint density at radius 3 is 2.77 bits per heavy atom. The van der Waals surface area contributed by atoms with Gasteiger partial charge in [0.1, 0.15) is 11.6 Å². The number of hydrogen-bond donors (Lipinski definition) is 4. The summed E-state index contributed by atoms with van der Waals surface area (Å²) in [6.45, 7) is 1.83. The molecule has 8 heteroatoms. The molecule has 1 aliphatic rings. The van der Waals surface area contributed by atoms with Gasteiger partial charge in [0.2, 0.25) is 0 Å². The van der Waals surface area contributed by atoms with Crippen LogP contribution in [0.25, 0.3) is 11.0 Å². The van der Waals surface area contributed by atoms with Gasteiger partial charge in [-0.2, -0.15) is 0 Å². The van der Waals surface area contributed by atoms with Crippen molar-refractivity contribution in [1.29, 1.82) is 0 Å². The van der Waals surface area contributed by atoms with Crippen LogP contribution in [-0.4, -0.2) is 32.7 Å². The predicted molar refractivity (Wildman–Crippen MR) is 121 cm³/mol. The zero-order chi connectivity index (χ0) is 22.0. The summed E-state index contributed by atoms with van der Waals surface area (Å²) in [6, 6.07) is 11.9. The van der Waals surface area contributed by atoms with E-state index in [1.165, 1.54) is 6.07 Å². The minimum atomic E-state index is -0.656. The molecule has 1 fully saturated rings. The second-order valence-corrected chi connectivity index (χ2v) is 9.39. The number of para-hydroxylation sites is 2. The third kappa shape index (κ3) is 5.43. The van der Waals surface area contributed by atoms with E-state index in [0.717, 1.165) is 29.4 Å². The van der Waals surface area contributed by atoms with Gasteiger partial charge in [0, 0.05) is 12.5 Å². The van der Waals surface area contributed by atoms with E-state index in [9.17, 15) is 14.3 Å². The Morgan fingerprint density at radius 2 is 2.06 bits per heavy atom. The van der Waals surface area contributed by atoms with Crippen LogP contribution in [0.15, 0.2) is 46.9 Å². The molecule has 1 saturated carbocycles. The van der Waals surface area contributed by atoms with Gasteiger partial charge in [-0.05, 0) is 78.4 Å². The standard InChI is InChI=1S/C23H26BrFN4O2/c1-23(31)10-8-15(9-11-23)26-22(30)29-20(13-14-6-7-16(24)17(25)12-14)21-27-18-4-2-3-5-19(18)28-21/h2-7,12,15,20,31H,8-11,13H2,1H3,(H,27,28)(H2,26,29,30). The van der Waals surface area contributed by atoms with Crippen molar-refractivity contribution >= 4 is 33.0 Å². The maximum Gasteiger partial charge on any atom is 0.315 e. The molecule has 0 radical (unpaired) electrons. The molecular formula is C23H26BrFN4O2. The third-order valence-electron chi connectivity index (χ3n) is 5.86. The van der Waals surface area contributed by atoms with Crippen LogP contribution in [0.5, 0.6) is 0 Å². The van der Waals surface area contributed by atoms with E-state index in [4.69, 9.17) is 0 Å². The summed E-state index contributed by atoms with van der Waals surface area (Å²) in [5, 5.41) is 16.1. The van der Waals surface area contributed by atoms with E-state index >= 15 is 0 Å². The molecule has 1 aliphatic carbocycles. The summed E-state index contributed by atoms with van der Waals surface area (Å²) in [4.78, 5) is 20.7. The summed E-state index contributed by atoms with van der Waals surface area (Å²) in [5.41, 5.74) is 1.78. The molecule has 2 amide bonds. The van der Waals surface area contributed by atoms with Crippen molar-refractivity contribution in [1.82, 2.24) is 20.6 Å². The minimum Gasteiger partial charge on any atom is -0.390 e. The molecule has 0 saturated heterocycles. The number of carbonyl (C=O) groups excluding carboxylic acids is 1. The zero-order valence-corrected chi connectivity index (χ0v) is 18.9. The van der Waals surface area contributed by atoms with E-state index < -0.39 is 11.6 Å². The van der Waals surface area contributed by atoms with Gasteiger partial charge in [0.05, 0.1) is 27.1 Å². The number of imidazole rings is 1. The lowest BCUT2D eigenvalue weighted by Gasteiger charge is -2.33. The lowest BCUT2D eigenvalue weighted by atomic mass is 9.84. The number of benzene rings is 2. The largest absolute Gasteiger partial charge is 0.390 e. The first-order valence-electron chi connectivity index (χ1n) is 10.5. The van der Waals surface area contributed by atoms with Gasteiger partial charge in [-0.3, -0.25) is 0 Å². The van der Waals surface area contributed by atoms with Gasteiger partial charge >= 0.3 is 6.03 Å². The average molecular weight is 489 g/mol. The lowest BCUT2D eigenvalue weighted by Crippen LogP contribution is -2.47. The van der Waals surface area contributed by atoms with E-state index in [2.05, 4.69) is 36.5 Å². The number of fused-ring (bicyclic) bond motifs is 1. The number of carbonyl (C=O) groups is 1. The maximum absolute atomic E-state index is 14.0. The zero-order valence-electron chi connectivity index (χ0n) is 17.3. The molecule has 1 aromatic heterocycles. The highest BCUT2D eigenvalue weighted by Crippen LogP contribution is 2.28. The Balaban J connectivity index is 1.51. The number of aromatic amines is 1. The highest BCUT2D eigenvalue weighted by molar-refractivity contribution is 9.10. The van der Waals surface area contributed by atoms with Crippen LogP contribution in [0.2, 0.25) is 0 Å². The van der Waals surface area contributed by atoms with Crippen LogP contribution in [0, 0.1) is 5.82 Å². The number of aliphatic hydroxyl groups is 1. The van der Waals surface area contributed by atoms with Gasteiger partial charge in [-0.15, -0.1) is 0 Å². The third-order valence-corrected chi connectivity index (χ3v) is 6.51. The molecule has 0 aliphatic heterocycles. The molecule has 0 spiro atoms. The predicted octanol–water partition coefficient (Wildman–Crippen LogP) is 4.74. The van der Waals surface area contributed by atoms with Crippen molar-refractivity contribution in [3.63, 3.8) is 0 Å². The first-order chi connectivity index (χ1) is 14.8. The van der Waals surface area contributed by atoms with Crippen LogP contribution in [0.1, 0.15) is 50.0 Å². The summed E-state index contributed by atoms with van der Waals surface area (Å²) in [7, 11) is 0. The lowest BCUT2D eigenvalue weighted by molar-refractivity contribution is 0.0151. The second-order valence-electron chi connectivity index (χ2n) is 8.53. The molecule has 0 bridgehead atoms. The number of nitrogens with zero attached hydrogens (tertiary/aromatic N) is 1. The summed E-state index contributed by atoms with van der Waals surface area (Å²) < 4.78 is 14.4. The Kier molecular flexibility index (Phi) is 6.29. The van der Waals surface area contributed by atoms with Gasteiger partial charge in [-0.1, -0.05) is 18.2 Å². The van der Waals surface area contributed by atoms with Crippen LogP contribution in [0.3, 0.4) is 0 Å². The number of halogens is 2. The smallest absolute Gasteiger partial charge is 0.315 e. The monoisotopic (exact) mass is 488 g/mol. The number of H-pyrrole nitrogens is 1. The van der Waals surface area contributed by atoms with Gasteiger partial charge in [0.15, 0.2) is 0 Å². The van der Waals surface area contributed by atoms with Crippen molar-refractivity contribution in [2.75, 3.05) is 0 Å². The molecule has 164 valence electrons. The van der Waals surface area contributed by atoms with Crippen molar-refractivity contribution in [3.8, 4) is 0 Å². The van der Waals surface area contributed by atoms with Crippen LogP contribution in [0.4, 0.5) is 9.18 Å². The van der Waals surface area contributed by atoms with Gasteiger partial charge < -0.3 is 20.7 Å². The fourth-order valence-corrected chi connectivity index (χ4v) is 4.27. The Hall–Kier alpha value is -2.45. The van der Waals surface area contributed by atoms with Crippen molar-refractivity contribution < 1.29 is 14.3 Å². The molecule has 1 heterocycles. The molecule has 4 N–H and O–H groups in total. The molecule has 3 aromatic rings. The van der Waals surface area contributed by atoms with Crippen molar-refractivity contribution in [2.45, 2.75) is 56.7 Å². The van der Waals surface area contributed by atoms with Gasteiger partial charge in [-0.25, -0.2) is 14.2 Å². The number of amides is 2. The van der Waals surface area contributed by atoms with Gasteiger partial charge in [0.25, 0.3) is 0 Å². The van der Waals surface area contributed by atoms with Crippen molar-refractivity contribution in [3.05, 3.63) is 64.1 Å². The number of nitrogens with one attached hydrogen (secondary N) is 3. The molecular weight excluding hydrogens is 463 g/mol. The first-order valence-corrected chi connectivity index (χ1v) is 11.3. The summed E-state index contributed by atoms with van der Waals surface area (Å²) >= 11 is 3.18.